The summed E-state index contributed by atoms with van der Waals surface area (Å²) in [5, 5.41) is 0. The van der Waals surface area contributed by atoms with Gasteiger partial charge in [0, 0.05) is 36.8 Å². The molecular weight excluding hydrogens is 218 g/mol. The summed E-state index contributed by atoms with van der Waals surface area (Å²) in [6, 6.07) is 4.58. The molecule has 0 radical (unpaired) electrons. The fourth-order valence-electron chi connectivity index (χ4n) is 3.69. The van der Waals surface area contributed by atoms with E-state index in [1.54, 1.807) is 0 Å². The molecule has 1 heterocycles. The van der Waals surface area contributed by atoms with E-state index >= 15 is 0 Å². The van der Waals surface area contributed by atoms with Crippen molar-refractivity contribution in [2.24, 2.45) is 5.41 Å². The highest BCUT2D eigenvalue weighted by atomic mass is 15.1. The number of nitrogens with zero attached hydrogens (tertiary/aromatic N) is 1. The molecule has 0 spiro atoms. The van der Waals surface area contributed by atoms with Crippen molar-refractivity contribution in [2.75, 3.05) is 0 Å². The zero-order valence-electron chi connectivity index (χ0n) is 12.9. The van der Waals surface area contributed by atoms with Gasteiger partial charge >= 0.3 is 0 Å². The summed E-state index contributed by atoms with van der Waals surface area (Å²) in [5.41, 5.74) is 6.01. The first-order valence-corrected chi connectivity index (χ1v) is 6.86. The Hall–Kier alpha value is -1.11. The molecule has 1 aliphatic rings. The highest BCUT2D eigenvalue weighted by Crippen LogP contribution is 2.40. The molecule has 0 N–H and O–H groups in total. The summed E-state index contributed by atoms with van der Waals surface area (Å²) >= 11 is 0. The molecule has 18 heavy (non-hydrogen) atoms. The Morgan fingerprint density at radius 2 is 1.44 bits per heavy atom. The highest BCUT2D eigenvalue weighted by molar-refractivity contribution is 5.65. The molecule has 0 saturated heterocycles. The zero-order chi connectivity index (χ0) is 13.7. The summed E-state index contributed by atoms with van der Waals surface area (Å²) in [6.07, 6.45) is 3.62. The van der Waals surface area contributed by atoms with Crippen molar-refractivity contribution < 1.29 is 4.58 Å². The Labute approximate surface area is 112 Å². The Morgan fingerprint density at radius 1 is 0.944 bits per heavy atom. The quantitative estimate of drug-likeness (QED) is 0.638. The number of hydrogen-bond donors (Lipinski definition) is 0. The van der Waals surface area contributed by atoms with Crippen molar-refractivity contribution in [3.8, 4) is 0 Å². The van der Waals surface area contributed by atoms with E-state index in [1.165, 1.54) is 28.8 Å². The van der Waals surface area contributed by atoms with Crippen LogP contribution in [0.5, 0.6) is 0 Å². The molecule has 0 saturated carbocycles. The zero-order valence-corrected chi connectivity index (χ0v) is 12.9. The molecule has 0 fully saturated rings. The first-order chi connectivity index (χ1) is 8.12. The van der Waals surface area contributed by atoms with E-state index in [0.717, 1.165) is 0 Å². The minimum Gasteiger partial charge on any atom is -0.197 e. The Bertz CT molecular complexity index is 495. The van der Waals surface area contributed by atoms with Crippen LogP contribution in [0.3, 0.4) is 0 Å². The molecule has 1 aliphatic heterocycles. The average Bonchev–Trinajstić information content (AvgIpc) is 2.32. The Balaban J connectivity index is 2.63. The van der Waals surface area contributed by atoms with E-state index in [9.17, 15) is 0 Å². The molecule has 1 aromatic rings. The Kier molecular flexibility index (Phi) is 2.92. The summed E-state index contributed by atoms with van der Waals surface area (Å²) in [6.45, 7) is 16.0. The van der Waals surface area contributed by atoms with Gasteiger partial charge in [-0.05, 0) is 32.9 Å². The lowest BCUT2D eigenvalue weighted by Gasteiger charge is -2.20. The van der Waals surface area contributed by atoms with Crippen LogP contribution in [0.25, 0.3) is 0 Å². The van der Waals surface area contributed by atoms with Gasteiger partial charge in [0.05, 0.1) is 0 Å². The van der Waals surface area contributed by atoms with Gasteiger partial charge < -0.3 is 0 Å². The summed E-state index contributed by atoms with van der Waals surface area (Å²) in [4.78, 5) is 0. The van der Waals surface area contributed by atoms with Crippen LogP contribution < -0.4 is 0 Å². The molecule has 0 bridgehead atoms. The first-order valence-electron chi connectivity index (χ1n) is 6.86. The molecule has 1 nitrogen and oxygen atoms in total. The van der Waals surface area contributed by atoms with Crippen LogP contribution in [-0.4, -0.2) is 16.3 Å². The molecule has 0 amide bonds. The van der Waals surface area contributed by atoms with Gasteiger partial charge in [0.25, 0.3) is 0 Å². The van der Waals surface area contributed by atoms with E-state index in [0.29, 0.717) is 0 Å². The van der Waals surface area contributed by atoms with Crippen molar-refractivity contribution in [3.05, 3.63) is 28.8 Å². The normalized spacial score (nSPS) is 20.9. The van der Waals surface area contributed by atoms with Crippen LogP contribution in [-0.2, 0) is 0 Å². The Morgan fingerprint density at radius 3 is 1.83 bits per heavy atom. The van der Waals surface area contributed by atoms with Crippen molar-refractivity contribution in [2.45, 2.75) is 60.4 Å². The fraction of sp³-hybridized carbons (Fsp3) is 0.588. The van der Waals surface area contributed by atoms with Crippen LogP contribution >= 0.6 is 0 Å². The lowest BCUT2D eigenvalue weighted by atomic mass is 9.85. The van der Waals surface area contributed by atoms with E-state index in [1.807, 2.05) is 0 Å². The maximum atomic E-state index is 2.50. The van der Waals surface area contributed by atoms with Gasteiger partial charge in [-0.3, -0.25) is 0 Å². The van der Waals surface area contributed by atoms with Crippen molar-refractivity contribution in [1.82, 2.24) is 0 Å². The van der Waals surface area contributed by atoms with E-state index < -0.39 is 0 Å². The summed E-state index contributed by atoms with van der Waals surface area (Å²) in [7, 11) is 0. The summed E-state index contributed by atoms with van der Waals surface area (Å²) < 4.78 is 2.50. The number of hydrogen-bond acceptors (Lipinski definition) is 0. The van der Waals surface area contributed by atoms with Gasteiger partial charge in [0.2, 0.25) is 5.69 Å². The number of aryl methyl sites for hydroxylation is 3. The van der Waals surface area contributed by atoms with Gasteiger partial charge in [-0.15, -0.1) is 0 Å². The van der Waals surface area contributed by atoms with Crippen LogP contribution in [0.4, 0.5) is 5.69 Å². The molecular formula is C17H26N+. The average molecular weight is 244 g/mol. The molecule has 0 aromatic heterocycles. The summed E-state index contributed by atoms with van der Waals surface area (Å²) in [5.74, 6) is 0. The standard InChI is InChI=1S/C17H26N/c1-12-8-13(2)15(14(3)9-12)18-11-16(4,5)10-17(18,6)7/h8-9,11H,10H2,1-7H3/q+1. The van der Waals surface area contributed by atoms with Gasteiger partial charge in [0.1, 0.15) is 0 Å². The van der Waals surface area contributed by atoms with E-state index in [4.69, 9.17) is 0 Å². The minimum absolute atomic E-state index is 0.203. The predicted molar refractivity (Wildman–Crippen MR) is 79.1 cm³/mol. The van der Waals surface area contributed by atoms with Gasteiger partial charge in [0.15, 0.2) is 11.8 Å². The fourth-order valence-corrected chi connectivity index (χ4v) is 3.69. The van der Waals surface area contributed by atoms with Crippen LogP contribution in [0.2, 0.25) is 0 Å². The molecule has 1 aromatic carbocycles. The molecule has 2 rings (SSSR count). The lowest BCUT2D eigenvalue weighted by molar-refractivity contribution is -0.512. The molecule has 0 unspecified atom stereocenters. The highest BCUT2D eigenvalue weighted by Gasteiger charge is 2.46. The second kappa shape index (κ2) is 3.94. The van der Waals surface area contributed by atoms with Gasteiger partial charge in [-0.1, -0.05) is 19.4 Å². The molecule has 0 aliphatic carbocycles. The maximum Gasteiger partial charge on any atom is 0.211 e. The number of rotatable bonds is 1. The van der Waals surface area contributed by atoms with Crippen LogP contribution in [0.1, 0.15) is 50.8 Å². The molecule has 98 valence electrons. The van der Waals surface area contributed by atoms with Crippen LogP contribution in [0.15, 0.2) is 12.1 Å². The first kappa shape index (κ1) is 13.3. The molecule has 0 atom stereocenters. The van der Waals surface area contributed by atoms with Crippen molar-refractivity contribution in [3.63, 3.8) is 0 Å². The monoisotopic (exact) mass is 244 g/mol. The predicted octanol–water partition coefficient (Wildman–Crippen LogP) is 4.54. The topological polar surface area (TPSA) is 3.01 Å². The van der Waals surface area contributed by atoms with E-state index in [-0.39, 0.29) is 11.0 Å². The largest absolute Gasteiger partial charge is 0.211 e. The lowest BCUT2D eigenvalue weighted by Crippen LogP contribution is -2.30. The minimum atomic E-state index is 0.203. The van der Waals surface area contributed by atoms with Crippen molar-refractivity contribution in [1.29, 1.82) is 0 Å². The third-order valence-corrected chi connectivity index (χ3v) is 3.90. The second-order valence-corrected chi connectivity index (χ2v) is 7.22. The van der Waals surface area contributed by atoms with Gasteiger partial charge in [-0.2, -0.15) is 4.58 Å². The smallest absolute Gasteiger partial charge is 0.197 e. The number of benzene rings is 1. The van der Waals surface area contributed by atoms with E-state index in [2.05, 4.69) is 71.4 Å². The third-order valence-electron chi connectivity index (χ3n) is 3.90. The maximum absolute atomic E-state index is 2.50. The third kappa shape index (κ3) is 2.23. The van der Waals surface area contributed by atoms with Crippen LogP contribution in [0, 0.1) is 26.2 Å². The SMILES string of the molecule is Cc1cc(C)c([N+]2=CC(C)(C)CC2(C)C)c(C)c1. The van der Waals surface area contributed by atoms with Crippen molar-refractivity contribution >= 4 is 11.9 Å². The molecule has 1 heteroatoms. The second-order valence-electron chi connectivity index (χ2n) is 7.22. The van der Waals surface area contributed by atoms with Gasteiger partial charge in [-0.25, -0.2) is 0 Å².